The smallest absolute Gasteiger partial charge is 0.350 e. The van der Waals surface area contributed by atoms with Crippen molar-refractivity contribution in [3.05, 3.63) is 53.3 Å². The fourth-order valence-corrected chi connectivity index (χ4v) is 2.95. The Kier molecular flexibility index (Phi) is 6.42. The lowest BCUT2D eigenvalue weighted by atomic mass is 10.0. The number of benzene rings is 1. The van der Waals surface area contributed by atoms with Gasteiger partial charge >= 0.3 is 6.18 Å². The molecule has 5 nitrogen and oxygen atoms in total. The summed E-state index contributed by atoms with van der Waals surface area (Å²) in [6.45, 7) is 5.73. The number of halogens is 3. The molecule has 0 aliphatic heterocycles. The first kappa shape index (κ1) is 20.0. The molecular formula is C18H23F3N4O. The maximum atomic E-state index is 13.1. The molecule has 8 heteroatoms. The van der Waals surface area contributed by atoms with Gasteiger partial charge in [-0.3, -0.25) is 14.4 Å². The van der Waals surface area contributed by atoms with Crippen LogP contribution in [0.4, 0.5) is 13.2 Å². The lowest BCUT2D eigenvalue weighted by molar-refractivity contribution is -0.141. The first-order valence-corrected chi connectivity index (χ1v) is 8.45. The van der Waals surface area contributed by atoms with Crippen molar-refractivity contribution in [3.63, 3.8) is 0 Å². The van der Waals surface area contributed by atoms with Crippen molar-refractivity contribution in [3.8, 4) is 0 Å². The number of nitrogens with zero attached hydrogens (tertiary/aromatic N) is 3. The molecule has 0 bridgehead atoms. The molecule has 0 aliphatic rings. The molecule has 1 atom stereocenters. The molecule has 0 saturated carbocycles. The number of alkyl halides is 3. The minimum atomic E-state index is -4.67. The minimum Gasteiger partial charge on any atom is -0.350 e. The van der Waals surface area contributed by atoms with E-state index in [4.69, 9.17) is 0 Å². The van der Waals surface area contributed by atoms with Gasteiger partial charge < -0.3 is 5.32 Å². The maximum absolute atomic E-state index is 13.1. The third-order valence-electron chi connectivity index (χ3n) is 4.24. The van der Waals surface area contributed by atoms with Crippen molar-refractivity contribution in [1.29, 1.82) is 0 Å². The third kappa shape index (κ3) is 4.63. The predicted octanol–water partition coefficient (Wildman–Crippen LogP) is 3.25. The second-order valence-corrected chi connectivity index (χ2v) is 5.92. The predicted molar refractivity (Wildman–Crippen MR) is 92.6 cm³/mol. The van der Waals surface area contributed by atoms with Crippen LogP contribution in [0.25, 0.3) is 0 Å². The van der Waals surface area contributed by atoms with Gasteiger partial charge in [-0.1, -0.05) is 44.2 Å². The third-order valence-corrected chi connectivity index (χ3v) is 4.24. The van der Waals surface area contributed by atoms with Gasteiger partial charge in [0, 0.05) is 19.8 Å². The van der Waals surface area contributed by atoms with Gasteiger partial charge in [-0.05, 0) is 18.7 Å². The van der Waals surface area contributed by atoms with Crippen LogP contribution in [0.5, 0.6) is 0 Å². The van der Waals surface area contributed by atoms with Crippen molar-refractivity contribution in [2.75, 3.05) is 19.6 Å². The Hall–Kier alpha value is -2.35. The summed E-state index contributed by atoms with van der Waals surface area (Å²) in [5, 5.41) is 6.01. The highest BCUT2D eigenvalue weighted by Crippen LogP contribution is 2.30. The minimum absolute atomic E-state index is 0.124. The number of likely N-dealkylation sites (N-methyl/N-ethyl adjacent to an activating group) is 1. The lowest BCUT2D eigenvalue weighted by Gasteiger charge is -2.30. The van der Waals surface area contributed by atoms with Gasteiger partial charge in [0.1, 0.15) is 0 Å². The van der Waals surface area contributed by atoms with E-state index in [9.17, 15) is 18.0 Å². The first-order chi connectivity index (χ1) is 12.3. The average Bonchev–Trinajstić information content (AvgIpc) is 3.01. The van der Waals surface area contributed by atoms with Crippen LogP contribution < -0.4 is 5.32 Å². The van der Waals surface area contributed by atoms with Gasteiger partial charge in [-0.2, -0.15) is 18.3 Å². The number of aromatic nitrogens is 2. The van der Waals surface area contributed by atoms with Gasteiger partial charge in [-0.25, -0.2) is 0 Å². The molecule has 0 aliphatic carbocycles. The molecule has 0 spiro atoms. The van der Waals surface area contributed by atoms with E-state index in [0.29, 0.717) is 0 Å². The van der Waals surface area contributed by atoms with E-state index in [2.05, 4.69) is 15.3 Å². The second kappa shape index (κ2) is 8.35. The zero-order valence-electron chi connectivity index (χ0n) is 15.0. The zero-order valence-corrected chi connectivity index (χ0v) is 15.0. The summed E-state index contributed by atoms with van der Waals surface area (Å²) >= 11 is 0. The van der Waals surface area contributed by atoms with Crippen LogP contribution in [0.3, 0.4) is 0 Å². The number of carbonyl (C=O) groups is 1. The average molecular weight is 368 g/mol. The fraction of sp³-hybridized carbons (Fsp3) is 0.444. The molecule has 1 heterocycles. The molecule has 1 aromatic heterocycles. The van der Waals surface area contributed by atoms with Crippen molar-refractivity contribution < 1.29 is 18.0 Å². The van der Waals surface area contributed by atoms with Crippen LogP contribution in [0.2, 0.25) is 0 Å². The molecule has 0 radical (unpaired) electrons. The summed E-state index contributed by atoms with van der Waals surface area (Å²) in [7, 11) is 1.36. The van der Waals surface area contributed by atoms with Crippen LogP contribution in [0, 0.1) is 0 Å². The van der Waals surface area contributed by atoms with Crippen molar-refractivity contribution in [1.82, 2.24) is 20.0 Å². The number of hydrogen-bond acceptors (Lipinski definition) is 3. The molecule has 0 saturated heterocycles. The Morgan fingerprint density at radius 2 is 1.85 bits per heavy atom. The number of amides is 1. The Labute approximate surface area is 150 Å². The Balaban J connectivity index is 2.20. The number of carbonyl (C=O) groups excluding carboxylic acids is 1. The quantitative estimate of drug-likeness (QED) is 0.816. The SMILES string of the molecule is CCN(CC)C(CNC(=O)c1cn(C)nc1C(F)(F)F)c1ccccc1. The largest absolute Gasteiger partial charge is 0.435 e. The standard InChI is InChI=1S/C18H23F3N4O/c1-4-25(5-2)15(13-9-7-6-8-10-13)11-22-17(26)14-12-24(3)23-16(14)18(19,20)21/h6-10,12,15H,4-5,11H2,1-3H3,(H,22,26). The summed E-state index contributed by atoms with van der Waals surface area (Å²) in [4.78, 5) is 14.5. The normalized spacial score (nSPS) is 13.0. The van der Waals surface area contributed by atoms with Crippen LogP contribution in [-0.4, -0.2) is 40.2 Å². The monoisotopic (exact) mass is 368 g/mol. The highest BCUT2D eigenvalue weighted by Gasteiger charge is 2.39. The number of hydrogen-bond donors (Lipinski definition) is 1. The molecule has 1 aromatic carbocycles. The van der Waals surface area contributed by atoms with Crippen molar-refractivity contribution in [2.24, 2.45) is 7.05 Å². The summed E-state index contributed by atoms with van der Waals surface area (Å²) in [6.07, 6.45) is -3.58. The van der Waals surface area contributed by atoms with E-state index in [1.807, 2.05) is 44.2 Å². The molecule has 0 fully saturated rings. The number of aryl methyl sites for hydroxylation is 1. The molecule has 1 amide bonds. The Morgan fingerprint density at radius 1 is 1.23 bits per heavy atom. The topological polar surface area (TPSA) is 50.2 Å². The van der Waals surface area contributed by atoms with Gasteiger partial charge in [0.2, 0.25) is 0 Å². The molecular weight excluding hydrogens is 345 g/mol. The second-order valence-electron chi connectivity index (χ2n) is 5.92. The van der Waals surface area contributed by atoms with Crippen LogP contribution in [0.1, 0.15) is 41.5 Å². The van der Waals surface area contributed by atoms with E-state index in [1.165, 1.54) is 7.05 Å². The first-order valence-electron chi connectivity index (χ1n) is 8.45. The van der Waals surface area contributed by atoms with Crippen molar-refractivity contribution >= 4 is 5.91 Å². The summed E-state index contributed by atoms with van der Waals surface area (Å²) < 4.78 is 40.2. The van der Waals surface area contributed by atoms with E-state index in [-0.39, 0.29) is 12.6 Å². The van der Waals surface area contributed by atoms with Gasteiger partial charge in [0.15, 0.2) is 5.69 Å². The molecule has 26 heavy (non-hydrogen) atoms. The molecule has 142 valence electrons. The Morgan fingerprint density at radius 3 is 2.38 bits per heavy atom. The summed E-state index contributed by atoms with van der Waals surface area (Å²) in [6, 6.07) is 9.46. The maximum Gasteiger partial charge on any atom is 0.435 e. The lowest BCUT2D eigenvalue weighted by Crippen LogP contribution is -2.38. The molecule has 2 aromatic rings. The summed E-state index contributed by atoms with van der Waals surface area (Å²) in [5.41, 5.74) is -0.637. The molecule has 2 rings (SSSR count). The van der Waals surface area contributed by atoms with E-state index in [1.54, 1.807) is 0 Å². The van der Waals surface area contributed by atoms with Gasteiger partial charge in [0.25, 0.3) is 5.91 Å². The number of rotatable bonds is 7. The van der Waals surface area contributed by atoms with Crippen LogP contribution in [0.15, 0.2) is 36.5 Å². The van der Waals surface area contributed by atoms with E-state index in [0.717, 1.165) is 29.5 Å². The van der Waals surface area contributed by atoms with E-state index >= 15 is 0 Å². The zero-order chi connectivity index (χ0) is 19.3. The fourth-order valence-electron chi connectivity index (χ4n) is 2.95. The van der Waals surface area contributed by atoms with Crippen LogP contribution >= 0.6 is 0 Å². The molecule has 1 N–H and O–H groups in total. The summed E-state index contributed by atoms with van der Waals surface area (Å²) in [5.74, 6) is -0.779. The van der Waals surface area contributed by atoms with E-state index < -0.39 is 23.3 Å². The van der Waals surface area contributed by atoms with Crippen molar-refractivity contribution in [2.45, 2.75) is 26.1 Å². The number of nitrogens with one attached hydrogen (secondary N) is 1. The van der Waals surface area contributed by atoms with Gasteiger partial charge in [-0.15, -0.1) is 0 Å². The van der Waals surface area contributed by atoms with Crippen LogP contribution in [-0.2, 0) is 13.2 Å². The highest BCUT2D eigenvalue weighted by atomic mass is 19.4. The highest BCUT2D eigenvalue weighted by molar-refractivity contribution is 5.95. The molecule has 1 unspecified atom stereocenters. The Bertz CT molecular complexity index is 724. The van der Waals surface area contributed by atoms with Gasteiger partial charge in [0.05, 0.1) is 11.6 Å².